The van der Waals surface area contributed by atoms with Crippen molar-refractivity contribution in [2.75, 3.05) is 6.61 Å². The van der Waals surface area contributed by atoms with Crippen LogP contribution in [0.3, 0.4) is 0 Å². The highest BCUT2D eigenvalue weighted by Gasteiger charge is 2.60. The predicted octanol–water partition coefficient (Wildman–Crippen LogP) is 12.3. The highest BCUT2D eigenvalue weighted by atomic mass is 16.5. The van der Waals surface area contributed by atoms with Crippen LogP contribution in [0.5, 0.6) is 11.5 Å². The molecule has 0 heterocycles. The fourth-order valence-electron chi connectivity index (χ4n) is 11.2. The summed E-state index contributed by atoms with van der Waals surface area (Å²) in [6, 6.07) is 8.51. The van der Waals surface area contributed by atoms with Crippen LogP contribution in [0.2, 0.25) is 0 Å². The number of hydrogen-bond acceptors (Lipinski definition) is 2. The number of fused-ring (bicyclic) bond motifs is 5. The van der Waals surface area contributed by atoms with Crippen LogP contribution in [0.1, 0.15) is 157 Å². The van der Waals surface area contributed by atoms with Gasteiger partial charge in [0.05, 0.1) is 12.7 Å². The van der Waals surface area contributed by atoms with E-state index in [4.69, 9.17) is 9.47 Å². The quantitative estimate of drug-likeness (QED) is 0.189. The SMILES string of the molecule is CCCCCCCCOc1ccc(O[C@@H]2CC[C@@]3(C)[C@@H](CC[C@@H]4[C@@H]3CC[C@]3(C)[C@@H]([C@H](C)CCCC(C)C)CC[C@@H]43)C2)cc1. The van der Waals surface area contributed by atoms with Crippen LogP contribution in [0, 0.1) is 52.3 Å². The van der Waals surface area contributed by atoms with Crippen molar-refractivity contribution < 1.29 is 9.47 Å². The van der Waals surface area contributed by atoms with Gasteiger partial charge in [-0.05, 0) is 141 Å². The zero-order valence-corrected chi connectivity index (χ0v) is 29.2. The maximum atomic E-state index is 6.64. The van der Waals surface area contributed by atoms with E-state index in [1.54, 1.807) is 0 Å². The van der Waals surface area contributed by atoms with E-state index in [0.717, 1.165) is 66.0 Å². The second kappa shape index (κ2) is 14.9. The summed E-state index contributed by atoms with van der Waals surface area (Å²) < 4.78 is 12.7. The molecule has 2 heteroatoms. The number of ether oxygens (including phenoxy) is 2. The summed E-state index contributed by atoms with van der Waals surface area (Å²) >= 11 is 0. The molecule has 0 spiro atoms. The van der Waals surface area contributed by atoms with Crippen molar-refractivity contribution in [3.05, 3.63) is 24.3 Å². The Labute approximate surface area is 266 Å². The van der Waals surface area contributed by atoms with Gasteiger partial charge in [-0.3, -0.25) is 0 Å². The standard InChI is InChI=1S/C41H68O2/c1-7-8-9-10-11-12-28-42-33-17-19-34(20-18-33)43-35-24-26-40(5)32(29-35)16-21-36-38-23-22-37(31(4)15-13-14-30(2)3)41(38,6)27-25-39(36)40/h17-20,30-32,35-39H,7-16,21-29H2,1-6H3/t31-,32+,35-,36+,37-,38+,39+,40+,41-/m1/s1. The Morgan fingerprint density at radius 3 is 2.19 bits per heavy atom. The van der Waals surface area contributed by atoms with Crippen molar-refractivity contribution in [3.8, 4) is 11.5 Å². The summed E-state index contributed by atoms with van der Waals surface area (Å²) in [6.07, 6.45) is 25.3. The highest BCUT2D eigenvalue weighted by molar-refractivity contribution is 5.31. The third kappa shape index (κ3) is 7.62. The Balaban J connectivity index is 1.10. The zero-order chi connectivity index (χ0) is 30.5. The van der Waals surface area contributed by atoms with Gasteiger partial charge in [0.25, 0.3) is 0 Å². The van der Waals surface area contributed by atoms with Gasteiger partial charge in [0, 0.05) is 0 Å². The van der Waals surface area contributed by atoms with E-state index in [2.05, 4.69) is 65.8 Å². The Bertz CT molecular complexity index is 968. The normalized spacial score (nSPS) is 36.1. The molecule has 0 aliphatic heterocycles. The molecule has 1 aromatic carbocycles. The van der Waals surface area contributed by atoms with Crippen molar-refractivity contribution in [1.29, 1.82) is 0 Å². The summed E-state index contributed by atoms with van der Waals surface area (Å²) in [6.45, 7) is 16.0. The fraction of sp³-hybridized carbons (Fsp3) is 0.854. The molecule has 4 aliphatic rings. The van der Waals surface area contributed by atoms with Crippen molar-refractivity contribution in [3.63, 3.8) is 0 Å². The summed E-state index contributed by atoms with van der Waals surface area (Å²) in [4.78, 5) is 0. The Morgan fingerprint density at radius 2 is 1.42 bits per heavy atom. The molecule has 0 bridgehead atoms. The minimum atomic E-state index is 0.376. The first-order chi connectivity index (χ1) is 20.7. The first-order valence-corrected chi connectivity index (χ1v) is 19.1. The molecule has 0 radical (unpaired) electrons. The second-order valence-corrected chi connectivity index (χ2v) is 16.8. The molecule has 43 heavy (non-hydrogen) atoms. The third-order valence-electron chi connectivity index (χ3n) is 13.7. The van der Waals surface area contributed by atoms with Gasteiger partial charge >= 0.3 is 0 Å². The smallest absolute Gasteiger partial charge is 0.119 e. The molecule has 0 aromatic heterocycles. The number of hydrogen-bond donors (Lipinski definition) is 0. The molecule has 0 N–H and O–H groups in total. The van der Waals surface area contributed by atoms with E-state index in [1.165, 1.54) is 109 Å². The van der Waals surface area contributed by atoms with E-state index < -0.39 is 0 Å². The van der Waals surface area contributed by atoms with E-state index in [0.29, 0.717) is 16.9 Å². The van der Waals surface area contributed by atoms with Gasteiger partial charge in [-0.15, -0.1) is 0 Å². The summed E-state index contributed by atoms with van der Waals surface area (Å²) in [5, 5.41) is 0. The molecule has 0 unspecified atom stereocenters. The number of benzene rings is 1. The van der Waals surface area contributed by atoms with Gasteiger partial charge < -0.3 is 9.47 Å². The molecular formula is C41H68O2. The molecular weight excluding hydrogens is 524 g/mol. The highest BCUT2D eigenvalue weighted by Crippen LogP contribution is 2.68. The van der Waals surface area contributed by atoms with Crippen LogP contribution in [0.25, 0.3) is 0 Å². The molecule has 2 nitrogen and oxygen atoms in total. The van der Waals surface area contributed by atoms with E-state index in [-0.39, 0.29) is 0 Å². The van der Waals surface area contributed by atoms with Gasteiger partial charge in [-0.2, -0.15) is 0 Å². The van der Waals surface area contributed by atoms with Gasteiger partial charge in [-0.25, -0.2) is 0 Å². The van der Waals surface area contributed by atoms with E-state index in [9.17, 15) is 0 Å². The first-order valence-electron chi connectivity index (χ1n) is 19.1. The van der Waals surface area contributed by atoms with Crippen LogP contribution in [-0.4, -0.2) is 12.7 Å². The van der Waals surface area contributed by atoms with Crippen LogP contribution >= 0.6 is 0 Å². The predicted molar refractivity (Wildman–Crippen MR) is 183 cm³/mol. The van der Waals surface area contributed by atoms with Crippen molar-refractivity contribution >= 4 is 0 Å². The lowest BCUT2D eigenvalue weighted by Crippen LogP contribution is -2.54. The van der Waals surface area contributed by atoms with E-state index in [1.807, 2.05) is 0 Å². The average Bonchev–Trinajstić information content (AvgIpc) is 3.35. The minimum Gasteiger partial charge on any atom is -0.494 e. The Kier molecular flexibility index (Phi) is 11.5. The zero-order valence-electron chi connectivity index (χ0n) is 29.2. The number of rotatable bonds is 15. The Hall–Kier alpha value is -1.18. The lowest BCUT2D eigenvalue weighted by molar-refractivity contribution is -0.126. The number of unbranched alkanes of at least 4 members (excludes halogenated alkanes) is 5. The molecule has 4 saturated carbocycles. The van der Waals surface area contributed by atoms with Crippen LogP contribution in [-0.2, 0) is 0 Å². The third-order valence-corrected chi connectivity index (χ3v) is 13.7. The van der Waals surface area contributed by atoms with Crippen molar-refractivity contribution in [2.24, 2.45) is 52.3 Å². The lowest BCUT2D eigenvalue weighted by atomic mass is 9.44. The minimum absolute atomic E-state index is 0.376. The van der Waals surface area contributed by atoms with Gasteiger partial charge in [0.2, 0.25) is 0 Å². The van der Waals surface area contributed by atoms with Gasteiger partial charge in [0.15, 0.2) is 0 Å². The van der Waals surface area contributed by atoms with Crippen LogP contribution in [0.15, 0.2) is 24.3 Å². The molecule has 1 aromatic rings. The fourth-order valence-corrected chi connectivity index (χ4v) is 11.2. The molecule has 244 valence electrons. The van der Waals surface area contributed by atoms with Crippen molar-refractivity contribution in [2.45, 2.75) is 163 Å². The Morgan fingerprint density at radius 1 is 0.721 bits per heavy atom. The molecule has 4 fully saturated rings. The molecule has 4 aliphatic carbocycles. The lowest BCUT2D eigenvalue weighted by Gasteiger charge is -2.61. The summed E-state index contributed by atoms with van der Waals surface area (Å²) in [5.41, 5.74) is 1.13. The van der Waals surface area contributed by atoms with Crippen LogP contribution in [0.4, 0.5) is 0 Å². The molecule has 5 rings (SSSR count). The van der Waals surface area contributed by atoms with E-state index >= 15 is 0 Å². The van der Waals surface area contributed by atoms with Gasteiger partial charge in [-0.1, -0.05) is 92.9 Å². The molecule has 0 amide bonds. The molecule has 0 saturated heterocycles. The molecule has 9 atom stereocenters. The summed E-state index contributed by atoms with van der Waals surface area (Å²) in [7, 11) is 0. The average molecular weight is 593 g/mol. The van der Waals surface area contributed by atoms with Crippen molar-refractivity contribution in [1.82, 2.24) is 0 Å². The van der Waals surface area contributed by atoms with Crippen LogP contribution < -0.4 is 9.47 Å². The largest absolute Gasteiger partial charge is 0.494 e. The second-order valence-electron chi connectivity index (χ2n) is 16.8. The maximum absolute atomic E-state index is 6.64. The first kappa shape index (κ1) is 33.2. The van der Waals surface area contributed by atoms with Gasteiger partial charge in [0.1, 0.15) is 11.5 Å². The monoisotopic (exact) mass is 593 g/mol. The topological polar surface area (TPSA) is 18.5 Å². The maximum Gasteiger partial charge on any atom is 0.119 e. The summed E-state index contributed by atoms with van der Waals surface area (Å²) in [5.74, 6) is 8.49.